The van der Waals surface area contributed by atoms with Gasteiger partial charge in [0, 0.05) is 17.3 Å². The Bertz CT molecular complexity index is 1610. The number of aromatic nitrogens is 4. The minimum Gasteiger partial charge on any atom is -0.338 e. The summed E-state index contributed by atoms with van der Waals surface area (Å²) in [5.74, 6) is 2.00. The minimum absolute atomic E-state index is 0.0702. The van der Waals surface area contributed by atoms with Gasteiger partial charge in [-0.25, -0.2) is 13.4 Å². The van der Waals surface area contributed by atoms with Gasteiger partial charge in [0.1, 0.15) is 0 Å². The van der Waals surface area contributed by atoms with Crippen molar-refractivity contribution in [1.82, 2.24) is 19.7 Å². The van der Waals surface area contributed by atoms with Crippen molar-refractivity contribution in [2.24, 2.45) is 0 Å². The van der Waals surface area contributed by atoms with Crippen molar-refractivity contribution in [3.8, 4) is 28.5 Å². The summed E-state index contributed by atoms with van der Waals surface area (Å²) in [6, 6.07) is 27.7. The van der Waals surface area contributed by atoms with Crippen LogP contribution in [0.15, 0.2) is 102 Å². The molecule has 3 aromatic carbocycles. The van der Waals surface area contributed by atoms with Crippen molar-refractivity contribution in [1.29, 1.82) is 0 Å². The first-order valence-electron chi connectivity index (χ1n) is 10.7. The van der Waals surface area contributed by atoms with Crippen molar-refractivity contribution in [3.63, 3.8) is 0 Å². The summed E-state index contributed by atoms with van der Waals surface area (Å²) in [7, 11) is -3.42. The summed E-state index contributed by atoms with van der Waals surface area (Å²) in [5, 5.41) is 12.4. The number of nitrogens with zero attached hydrogens (tertiary/aromatic N) is 4. The van der Waals surface area contributed by atoms with Crippen LogP contribution < -0.4 is 5.32 Å². The zero-order valence-electron chi connectivity index (χ0n) is 18.0. The van der Waals surface area contributed by atoms with E-state index in [2.05, 4.69) is 20.5 Å². The van der Waals surface area contributed by atoms with Gasteiger partial charge in [0.15, 0.2) is 27.3 Å². The van der Waals surface area contributed by atoms with Crippen LogP contribution in [-0.4, -0.2) is 28.2 Å². The Morgan fingerprint density at radius 2 is 1.50 bits per heavy atom. The molecule has 8 heteroatoms. The van der Waals surface area contributed by atoms with E-state index in [0.717, 1.165) is 22.5 Å². The molecule has 0 fully saturated rings. The molecule has 2 aromatic heterocycles. The summed E-state index contributed by atoms with van der Waals surface area (Å²) in [6.45, 7) is 0. The zero-order valence-corrected chi connectivity index (χ0v) is 18.8. The van der Waals surface area contributed by atoms with Gasteiger partial charge in [0.25, 0.3) is 0 Å². The molecule has 6 rings (SSSR count). The molecule has 0 radical (unpaired) electrons. The molecule has 0 amide bonds. The fourth-order valence-corrected chi connectivity index (χ4v) is 5.51. The third-order valence-electron chi connectivity index (χ3n) is 5.78. The van der Waals surface area contributed by atoms with E-state index < -0.39 is 9.84 Å². The predicted molar refractivity (Wildman–Crippen MR) is 131 cm³/mol. The van der Waals surface area contributed by atoms with E-state index in [1.807, 2.05) is 65.2 Å². The Kier molecular flexibility index (Phi) is 4.74. The van der Waals surface area contributed by atoms with Gasteiger partial charge in [-0.2, -0.15) is 0 Å². The van der Waals surface area contributed by atoms with Gasteiger partial charge in [-0.05, 0) is 42.0 Å². The maximum atomic E-state index is 12.8. The molecule has 34 heavy (non-hydrogen) atoms. The molecule has 5 aromatic rings. The number of hydrogen-bond donors (Lipinski definition) is 1. The lowest BCUT2D eigenvalue weighted by molar-refractivity contribution is 0.595. The lowest BCUT2D eigenvalue weighted by Crippen LogP contribution is -2.05. The quantitative estimate of drug-likeness (QED) is 0.393. The van der Waals surface area contributed by atoms with Crippen molar-refractivity contribution in [2.75, 3.05) is 5.32 Å². The van der Waals surface area contributed by atoms with Crippen LogP contribution in [0, 0.1) is 0 Å². The van der Waals surface area contributed by atoms with Crippen molar-refractivity contribution in [3.05, 3.63) is 103 Å². The van der Waals surface area contributed by atoms with Gasteiger partial charge in [0.05, 0.1) is 22.0 Å². The van der Waals surface area contributed by atoms with Crippen molar-refractivity contribution < 1.29 is 8.42 Å². The molecule has 1 aliphatic heterocycles. The van der Waals surface area contributed by atoms with Crippen LogP contribution in [0.3, 0.4) is 0 Å². The van der Waals surface area contributed by atoms with Gasteiger partial charge in [-0.15, -0.1) is 10.2 Å². The second-order valence-corrected chi connectivity index (χ2v) is 9.98. The van der Waals surface area contributed by atoms with E-state index in [4.69, 9.17) is 0 Å². The lowest BCUT2D eigenvalue weighted by Gasteiger charge is -2.11. The molecule has 1 N–H and O–H groups in total. The smallest absolute Gasteiger partial charge is 0.182 e. The summed E-state index contributed by atoms with van der Waals surface area (Å²) >= 11 is 0. The average Bonchev–Trinajstić information content (AvgIpc) is 3.24. The molecule has 3 heterocycles. The zero-order chi connectivity index (χ0) is 23.1. The second kappa shape index (κ2) is 7.93. The second-order valence-electron chi connectivity index (χ2n) is 7.99. The van der Waals surface area contributed by atoms with Crippen molar-refractivity contribution in [2.45, 2.75) is 10.6 Å². The number of rotatable bonds is 4. The topological polar surface area (TPSA) is 89.8 Å². The highest BCUT2D eigenvalue weighted by atomic mass is 32.2. The Hall–Kier alpha value is -4.30. The molecule has 0 saturated carbocycles. The fraction of sp³-hybridized carbons (Fsp3) is 0.0385. The molecule has 0 unspecified atom stereocenters. The summed E-state index contributed by atoms with van der Waals surface area (Å²) in [6.07, 6.45) is 1.74. The molecule has 166 valence electrons. The number of sulfone groups is 1. The van der Waals surface area contributed by atoms with Gasteiger partial charge >= 0.3 is 0 Å². The summed E-state index contributed by atoms with van der Waals surface area (Å²) in [4.78, 5) is 4.84. The largest absolute Gasteiger partial charge is 0.338 e. The lowest BCUT2D eigenvalue weighted by atomic mass is 10.1. The normalized spacial score (nSPS) is 12.1. The average molecular weight is 466 g/mol. The van der Waals surface area contributed by atoms with E-state index in [1.54, 1.807) is 36.5 Å². The minimum atomic E-state index is -3.42. The number of nitrogens with one attached hydrogen (secondary N) is 1. The molecule has 0 atom stereocenters. The van der Waals surface area contributed by atoms with E-state index in [9.17, 15) is 8.42 Å². The van der Waals surface area contributed by atoms with Crippen LogP contribution in [0.25, 0.3) is 28.5 Å². The number of pyridine rings is 1. The van der Waals surface area contributed by atoms with Crippen LogP contribution in [-0.2, 0) is 15.6 Å². The predicted octanol–water partition coefficient (Wildman–Crippen LogP) is 5.03. The van der Waals surface area contributed by atoms with Gasteiger partial charge in [-0.1, -0.05) is 54.6 Å². The van der Waals surface area contributed by atoms with Crippen LogP contribution in [0.1, 0.15) is 5.56 Å². The van der Waals surface area contributed by atoms with Crippen LogP contribution >= 0.6 is 0 Å². The number of fused-ring (bicyclic) bond motifs is 5. The maximum Gasteiger partial charge on any atom is 0.182 e. The van der Waals surface area contributed by atoms with E-state index >= 15 is 0 Å². The third kappa shape index (κ3) is 3.45. The third-order valence-corrected chi connectivity index (χ3v) is 7.49. The fourth-order valence-electron chi connectivity index (χ4n) is 4.14. The SMILES string of the molecule is O=S(=O)(Cc1ccc(-c2nnc3n2-c2cccnc2Nc2ccccc2-3)cc1)c1ccccc1. The van der Waals surface area contributed by atoms with E-state index in [0.29, 0.717) is 27.9 Å². The Morgan fingerprint density at radius 1 is 0.765 bits per heavy atom. The van der Waals surface area contributed by atoms with E-state index in [1.165, 1.54) is 0 Å². The molecular formula is C26H19N5O2S. The van der Waals surface area contributed by atoms with Gasteiger partial charge < -0.3 is 5.32 Å². The van der Waals surface area contributed by atoms with Crippen LogP contribution in [0.4, 0.5) is 11.5 Å². The Balaban J connectivity index is 1.41. The molecule has 0 spiro atoms. The number of anilines is 2. The molecule has 1 aliphatic rings. The first-order valence-corrected chi connectivity index (χ1v) is 12.4. The standard InChI is InChI=1S/C26H19N5O2S/c32-34(33,20-7-2-1-3-8-20)17-18-12-14-19(15-13-18)25-29-30-26-21-9-4-5-10-22(21)28-24-23(31(25)26)11-6-16-27-24/h1-16H,17H2,(H,27,28). The van der Waals surface area contributed by atoms with Gasteiger partial charge in [-0.3, -0.25) is 4.57 Å². The maximum absolute atomic E-state index is 12.8. The molecule has 0 saturated heterocycles. The molecule has 0 bridgehead atoms. The highest BCUT2D eigenvalue weighted by Gasteiger charge is 2.25. The number of benzene rings is 3. The van der Waals surface area contributed by atoms with Crippen LogP contribution in [0.5, 0.6) is 0 Å². The van der Waals surface area contributed by atoms with Crippen molar-refractivity contribution >= 4 is 21.3 Å². The summed E-state index contributed by atoms with van der Waals surface area (Å²) in [5.41, 5.74) is 4.20. The molecular weight excluding hydrogens is 446 g/mol. The Labute approximate surface area is 196 Å². The molecule has 0 aliphatic carbocycles. The molecule has 7 nitrogen and oxygen atoms in total. The van der Waals surface area contributed by atoms with Gasteiger partial charge in [0.2, 0.25) is 0 Å². The summed E-state index contributed by atoms with van der Waals surface area (Å²) < 4.78 is 27.5. The first kappa shape index (κ1) is 20.3. The highest BCUT2D eigenvalue weighted by Crippen LogP contribution is 2.39. The number of hydrogen-bond acceptors (Lipinski definition) is 6. The Morgan fingerprint density at radius 3 is 2.32 bits per heavy atom. The number of para-hydroxylation sites is 1. The first-order chi connectivity index (χ1) is 16.6. The van der Waals surface area contributed by atoms with E-state index in [-0.39, 0.29) is 5.75 Å². The van der Waals surface area contributed by atoms with Crippen LogP contribution in [0.2, 0.25) is 0 Å². The highest BCUT2D eigenvalue weighted by molar-refractivity contribution is 7.90. The monoisotopic (exact) mass is 465 g/mol.